The first-order valence-electron chi connectivity index (χ1n) is 8.53. The Morgan fingerprint density at radius 3 is 2.80 bits per heavy atom. The molecule has 3 atom stereocenters. The standard InChI is InChI=1S/C19H23F3N2O/c1-23-12-17(25)18(14-6-4-7-15(11-14)19(20,21)22)24-10-9-13-5-2-3-8-16(13)24/h2-8,15,17-18,23,25H,9-12H2,1H3/t15?,17?,18-/m0/s1. The van der Waals surface area contributed by atoms with Crippen LogP contribution in [0, 0.1) is 5.92 Å². The lowest BCUT2D eigenvalue weighted by molar-refractivity contribution is -0.161. The van der Waals surface area contributed by atoms with Gasteiger partial charge in [-0.25, -0.2) is 0 Å². The lowest BCUT2D eigenvalue weighted by Crippen LogP contribution is -2.49. The van der Waals surface area contributed by atoms with Crippen molar-refractivity contribution >= 4 is 5.69 Å². The van der Waals surface area contributed by atoms with Gasteiger partial charge in [-0.1, -0.05) is 36.4 Å². The summed E-state index contributed by atoms with van der Waals surface area (Å²) in [5.41, 5.74) is 2.80. The maximum atomic E-state index is 13.2. The monoisotopic (exact) mass is 352 g/mol. The summed E-state index contributed by atoms with van der Waals surface area (Å²) < 4.78 is 39.5. The van der Waals surface area contributed by atoms with E-state index in [1.54, 1.807) is 13.1 Å². The molecule has 0 spiro atoms. The van der Waals surface area contributed by atoms with Crippen molar-refractivity contribution in [2.24, 2.45) is 5.92 Å². The third-order valence-corrected chi connectivity index (χ3v) is 4.95. The molecule has 25 heavy (non-hydrogen) atoms. The Hall–Kier alpha value is -1.79. The Labute approximate surface area is 145 Å². The zero-order chi connectivity index (χ0) is 18.0. The predicted octanol–water partition coefficient (Wildman–Crippen LogP) is 3.06. The van der Waals surface area contributed by atoms with E-state index in [4.69, 9.17) is 0 Å². The molecule has 0 amide bonds. The maximum absolute atomic E-state index is 13.2. The van der Waals surface area contributed by atoms with Crippen molar-refractivity contribution in [3.05, 3.63) is 53.6 Å². The summed E-state index contributed by atoms with van der Waals surface area (Å²) in [6.07, 6.45) is 0.0721. The molecule has 2 N–H and O–H groups in total. The molecule has 2 unspecified atom stereocenters. The molecule has 3 rings (SSSR count). The van der Waals surface area contributed by atoms with E-state index in [0.29, 0.717) is 18.7 Å². The lowest BCUT2D eigenvalue weighted by atomic mass is 9.86. The van der Waals surface area contributed by atoms with E-state index in [2.05, 4.69) is 10.2 Å². The van der Waals surface area contributed by atoms with E-state index in [0.717, 1.165) is 12.1 Å². The number of hydrogen-bond acceptors (Lipinski definition) is 3. The molecule has 0 saturated heterocycles. The quantitative estimate of drug-likeness (QED) is 0.855. The fraction of sp³-hybridized carbons (Fsp3) is 0.474. The van der Waals surface area contributed by atoms with Gasteiger partial charge in [-0.15, -0.1) is 0 Å². The van der Waals surface area contributed by atoms with Gasteiger partial charge >= 0.3 is 6.18 Å². The van der Waals surface area contributed by atoms with Gasteiger partial charge < -0.3 is 15.3 Å². The van der Waals surface area contributed by atoms with Crippen LogP contribution in [0.1, 0.15) is 12.0 Å². The van der Waals surface area contributed by atoms with E-state index in [9.17, 15) is 18.3 Å². The normalized spacial score (nSPS) is 22.5. The summed E-state index contributed by atoms with van der Waals surface area (Å²) in [5.74, 6) is -1.49. The fourth-order valence-corrected chi connectivity index (χ4v) is 3.78. The molecule has 6 heteroatoms. The van der Waals surface area contributed by atoms with Crippen LogP contribution in [0.25, 0.3) is 0 Å². The molecule has 0 fully saturated rings. The second kappa shape index (κ2) is 7.22. The minimum atomic E-state index is -4.27. The number of nitrogens with zero attached hydrogens (tertiary/aromatic N) is 1. The lowest BCUT2D eigenvalue weighted by Gasteiger charge is -2.37. The van der Waals surface area contributed by atoms with E-state index < -0.39 is 24.2 Å². The van der Waals surface area contributed by atoms with Crippen LogP contribution in [0.2, 0.25) is 0 Å². The van der Waals surface area contributed by atoms with Gasteiger partial charge in [-0.05, 0) is 37.1 Å². The summed E-state index contributed by atoms with van der Waals surface area (Å²) in [6.45, 7) is 1.02. The van der Waals surface area contributed by atoms with Crippen LogP contribution in [0.4, 0.5) is 18.9 Å². The number of halogens is 3. The molecule has 0 saturated carbocycles. The van der Waals surface area contributed by atoms with E-state index in [1.807, 2.05) is 24.3 Å². The molecule has 1 aliphatic carbocycles. The van der Waals surface area contributed by atoms with Gasteiger partial charge in [0.05, 0.1) is 18.1 Å². The van der Waals surface area contributed by atoms with E-state index in [-0.39, 0.29) is 6.42 Å². The van der Waals surface area contributed by atoms with Crippen LogP contribution in [-0.2, 0) is 6.42 Å². The highest BCUT2D eigenvalue weighted by molar-refractivity contribution is 5.60. The van der Waals surface area contributed by atoms with Crippen LogP contribution in [-0.4, -0.2) is 43.6 Å². The number of fused-ring (bicyclic) bond motifs is 1. The zero-order valence-corrected chi connectivity index (χ0v) is 14.1. The summed E-state index contributed by atoms with van der Waals surface area (Å²) >= 11 is 0. The molecule has 1 aromatic rings. The number of hydrogen-bond donors (Lipinski definition) is 2. The first-order chi connectivity index (χ1) is 11.9. The third kappa shape index (κ3) is 3.75. The topological polar surface area (TPSA) is 35.5 Å². The van der Waals surface area contributed by atoms with Crippen LogP contribution >= 0.6 is 0 Å². The van der Waals surface area contributed by atoms with Gasteiger partial charge in [0, 0.05) is 18.8 Å². The zero-order valence-electron chi connectivity index (χ0n) is 14.1. The highest BCUT2D eigenvalue weighted by Gasteiger charge is 2.42. The molecule has 1 heterocycles. The first-order valence-corrected chi connectivity index (χ1v) is 8.53. The third-order valence-electron chi connectivity index (χ3n) is 4.95. The maximum Gasteiger partial charge on any atom is 0.395 e. The summed E-state index contributed by atoms with van der Waals surface area (Å²) in [5, 5.41) is 13.6. The number of aliphatic hydroxyl groups excluding tert-OH is 1. The van der Waals surface area contributed by atoms with Crippen molar-refractivity contribution in [3.63, 3.8) is 0 Å². The molecule has 0 radical (unpaired) electrons. The minimum absolute atomic E-state index is 0.107. The summed E-state index contributed by atoms with van der Waals surface area (Å²) in [7, 11) is 1.73. The van der Waals surface area contributed by atoms with Crippen LogP contribution in [0.3, 0.4) is 0 Å². The van der Waals surface area contributed by atoms with Crippen molar-refractivity contribution in [1.82, 2.24) is 5.32 Å². The molecular weight excluding hydrogens is 329 g/mol. The molecule has 1 aromatic carbocycles. The van der Waals surface area contributed by atoms with Crippen LogP contribution in [0.5, 0.6) is 0 Å². The van der Waals surface area contributed by atoms with Crippen molar-refractivity contribution in [1.29, 1.82) is 0 Å². The average molecular weight is 352 g/mol. The molecular formula is C19H23F3N2O. The number of likely N-dealkylation sites (N-methyl/N-ethyl adjacent to an activating group) is 1. The Morgan fingerprint density at radius 2 is 2.08 bits per heavy atom. The molecule has 0 bridgehead atoms. The Kier molecular flexibility index (Phi) is 5.20. The molecule has 0 aromatic heterocycles. The van der Waals surface area contributed by atoms with E-state index >= 15 is 0 Å². The SMILES string of the molecule is CNCC(O)[C@H](C1=CC=CC(C(F)(F)F)C1)N1CCc2ccccc21. The van der Waals surface area contributed by atoms with Gasteiger partial charge in [0.1, 0.15) is 0 Å². The number of nitrogens with one attached hydrogen (secondary N) is 1. The molecule has 2 aliphatic rings. The molecule has 136 valence electrons. The highest BCUT2D eigenvalue weighted by Crippen LogP contribution is 2.39. The van der Waals surface area contributed by atoms with Crippen molar-refractivity contribution in [2.75, 3.05) is 25.0 Å². The van der Waals surface area contributed by atoms with Gasteiger partial charge in [0.2, 0.25) is 0 Å². The minimum Gasteiger partial charge on any atom is -0.389 e. The van der Waals surface area contributed by atoms with Gasteiger partial charge in [-0.3, -0.25) is 0 Å². The highest BCUT2D eigenvalue weighted by atomic mass is 19.4. The number of para-hydroxylation sites is 1. The number of allylic oxidation sites excluding steroid dienone is 3. The number of alkyl halides is 3. The summed E-state index contributed by atoms with van der Waals surface area (Å²) in [4.78, 5) is 2.05. The van der Waals surface area contributed by atoms with Gasteiger partial charge in [-0.2, -0.15) is 13.2 Å². The second-order valence-electron chi connectivity index (χ2n) is 6.62. The largest absolute Gasteiger partial charge is 0.395 e. The van der Waals surface area contributed by atoms with Crippen molar-refractivity contribution in [3.8, 4) is 0 Å². The van der Waals surface area contributed by atoms with Crippen LogP contribution in [0.15, 0.2) is 48.1 Å². The number of anilines is 1. The van der Waals surface area contributed by atoms with Crippen LogP contribution < -0.4 is 10.2 Å². The second-order valence-corrected chi connectivity index (χ2v) is 6.62. The van der Waals surface area contributed by atoms with Gasteiger partial charge in [0.25, 0.3) is 0 Å². The number of rotatable bonds is 5. The van der Waals surface area contributed by atoms with E-state index in [1.165, 1.54) is 17.7 Å². The van der Waals surface area contributed by atoms with Gasteiger partial charge in [0.15, 0.2) is 0 Å². The molecule has 3 nitrogen and oxygen atoms in total. The average Bonchev–Trinajstić information content (AvgIpc) is 2.99. The first kappa shape index (κ1) is 18.0. The molecule has 1 aliphatic heterocycles. The van der Waals surface area contributed by atoms with Crippen molar-refractivity contribution in [2.45, 2.75) is 31.2 Å². The summed E-state index contributed by atoms with van der Waals surface area (Å²) in [6, 6.07) is 7.42. The Bertz CT molecular complexity index is 669. The van der Waals surface area contributed by atoms with Crippen molar-refractivity contribution < 1.29 is 18.3 Å². The Balaban J connectivity index is 1.92. The smallest absolute Gasteiger partial charge is 0.389 e. The number of benzene rings is 1. The fourth-order valence-electron chi connectivity index (χ4n) is 3.78. The predicted molar refractivity (Wildman–Crippen MR) is 92.6 cm³/mol. The Morgan fingerprint density at radius 1 is 1.32 bits per heavy atom. The number of aliphatic hydroxyl groups is 1.